The zero-order valence-electron chi connectivity index (χ0n) is 17.4. The third-order valence-electron chi connectivity index (χ3n) is 4.49. The van der Waals surface area contributed by atoms with E-state index < -0.39 is 5.41 Å². The maximum absolute atomic E-state index is 12.8. The molecule has 1 aromatic carbocycles. The second-order valence-corrected chi connectivity index (χ2v) is 9.05. The summed E-state index contributed by atoms with van der Waals surface area (Å²) in [7, 11) is 0. The van der Waals surface area contributed by atoms with Crippen LogP contribution in [0.3, 0.4) is 0 Å². The van der Waals surface area contributed by atoms with Crippen molar-refractivity contribution in [3.63, 3.8) is 0 Å². The molecule has 29 heavy (non-hydrogen) atoms. The highest BCUT2D eigenvalue weighted by Gasteiger charge is 2.32. The van der Waals surface area contributed by atoms with Crippen LogP contribution in [0.2, 0.25) is 0 Å². The predicted octanol–water partition coefficient (Wildman–Crippen LogP) is 3.98. The summed E-state index contributed by atoms with van der Waals surface area (Å²) in [5.74, 6) is 0.680. The van der Waals surface area contributed by atoms with Crippen molar-refractivity contribution in [2.75, 3.05) is 29.9 Å². The van der Waals surface area contributed by atoms with Gasteiger partial charge in [-0.1, -0.05) is 20.8 Å². The summed E-state index contributed by atoms with van der Waals surface area (Å²) in [6, 6.07) is 5.08. The molecule has 8 heteroatoms. The highest BCUT2D eigenvalue weighted by Crippen LogP contribution is 2.36. The average molecular weight is 417 g/mol. The standard InChI is InChI=1S/C21H28N4O3S/c1-14-13-29-18(23-14)6-5-9-22-20(27)24-15-7-8-17-16(12-15)25(10-11-28-17)19(26)21(2,3)4/h7-8,12-13H,5-6,9-11H2,1-4H3,(H2,22,24,27). The van der Waals surface area contributed by atoms with Crippen molar-refractivity contribution >= 4 is 34.6 Å². The Morgan fingerprint density at radius 2 is 2.10 bits per heavy atom. The summed E-state index contributed by atoms with van der Waals surface area (Å²) < 4.78 is 5.67. The maximum atomic E-state index is 12.8. The van der Waals surface area contributed by atoms with Gasteiger partial charge in [0.15, 0.2) is 0 Å². The van der Waals surface area contributed by atoms with Crippen LogP contribution in [-0.2, 0) is 11.2 Å². The normalized spacial score (nSPS) is 13.4. The second-order valence-electron chi connectivity index (χ2n) is 8.10. The number of urea groups is 1. The van der Waals surface area contributed by atoms with Gasteiger partial charge in [-0.25, -0.2) is 9.78 Å². The van der Waals surface area contributed by atoms with Crippen LogP contribution in [0, 0.1) is 12.3 Å². The SMILES string of the molecule is Cc1csc(CCCNC(=O)Nc2ccc3c(c2)N(C(=O)C(C)(C)C)CCO3)n1. The fourth-order valence-corrected chi connectivity index (χ4v) is 3.86. The molecule has 0 saturated carbocycles. The molecule has 3 rings (SSSR count). The number of hydrogen-bond donors (Lipinski definition) is 2. The lowest BCUT2D eigenvalue weighted by molar-refractivity contribution is -0.126. The molecule has 0 atom stereocenters. The van der Waals surface area contributed by atoms with Gasteiger partial charge in [0.25, 0.3) is 0 Å². The fourth-order valence-electron chi connectivity index (χ4n) is 3.05. The van der Waals surface area contributed by atoms with Crippen LogP contribution >= 0.6 is 11.3 Å². The molecular weight excluding hydrogens is 388 g/mol. The summed E-state index contributed by atoms with van der Waals surface area (Å²) in [6.45, 7) is 9.18. The molecule has 3 amide bonds. The van der Waals surface area contributed by atoms with Crippen molar-refractivity contribution < 1.29 is 14.3 Å². The Morgan fingerprint density at radius 1 is 1.31 bits per heavy atom. The van der Waals surface area contributed by atoms with Crippen LogP contribution < -0.4 is 20.3 Å². The molecule has 0 aliphatic carbocycles. The smallest absolute Gasteiger partial charge is 0.319 e. The Hall–Kier alpha value is -2.61. The Morgan fingerprint density at radius 3 is 2.79 bits per heavy atom. The maximum Gasteiger partial charge on any atom is 0.319 e. The van der Waals surface area contributed by atoms with E-state index in [1.54, 1.807) is 34.4 Å². The van der Waals surface area contributed by atoms with Crippen molar-refractivity contribution in [1.82, 2.24) is 10.3 Å². The van der Waals surface area contributed by atoms with Crippen molar-refractivity contribution in [2.45, 2.75) is 40.5 Å². The number of benzene rings is 1. The number of hydrogen-bond acceptors (Lipinski definition) is 5. The number of carbonyl (C=O) groups is 2. The largest absolute Gasteiger partial charge is 0.490 e. The first-order valence-electron chi connectivity index (χ1n) is 9.79. The Kier molecular flexibility index (Phi) is 6.42. The molecule has 0 bridgehead atoms. The zero-order chi connectivity index (χ0) is 21.0. The van der Waals surface area contributed by atoms with E-state index in [-0.39, 0.29) is 11.9 Å². The molecule has 1 aliphatic rings. The number of thiazole rings is 1. The van der Waals surface area contributed by atoms with E-state index in [1.165, 1.54) is 0 Å². The number of carbonyl (C=O) groups excluding carboxylic acids is 2. The molecule has 2 N–H and O–H groups in total. The van der Waals surface area contributed by atoms with Gasteiger partial charge in [-0.15, -0.1) is 11.3 Å². The second kappa shape index (κ2) is 8.82. The van der Waals surface area contributed by atoms with Gasteiger partial charge in [-0.05, 0) is 31.5 Å². The van der Waals surface area contributed by atoms with Gasteiger partial charge in [0, 0.05) is 35.1 Å². The molecule has 0 unspecified atom stereocenters. The fraction of sp³-hybridized carbons (Fsp3) is 0.476. The van der Waals surface area contributed by atoms with E-state index in [4.69, 9.17) is 4.74 Å². The molecule has 0 radical (unpaired) electrons. The molecule has 2 heterocycles. The Balaban J connectivity index is 1.57. The number of nitrogens with zero attached hydrogens (tertiary/aromatic N) is 2. The lowest BCUT2D eigenvalue weighted by Gasteiger charge is -2.34. The minimum Gasteiger partial charge on any atom is -0.490 e. The average Bonchev–Trinajstić information content (AvgIpc) is 3.08. The van der Waals surface area contributed by atoms with E-state index in [9.17, 15) is 9.59 Å². The summed E-state index contributed by atoms with van der Waals surface area (Å²) in [4.78, 5) is 31.2. The van der Waals surface area contributed by atoms with Crippen molar-refractivity contribution in [3.05, 3.63) is 34.3 Å². The molecule has 1 aliphatic heterocycles. The van der Waals surface area contributed by atoms with E-state index in [1.807, 2.05) is 33.1 Å². The number of ether oxygens (including phenoxy) is 1. The quantitative estimate of drug-likeness (QED) is 0.722. The summed E-state index contributed by atoms with van der Waals surface area (Å²) >= 11 is 1.64. The first-order valence-corrected chi connectivity index (χ1v) is 10.7. The predicted molar refractivity (Wildman–Crippen MR) is 116 cm³/mol. The Bertz CT molecular complexity index is 888. The number of aromatic nitrogens is 1. The molecule has 156 valence electrons. The van der Waals surface area contributed by atoms with Crippen LogP contribution in [0.4, 0.5) is 16.2 Å². The van der Waals surface area contributed by atoms with Gasteiger partial charge in [0.2, 0.25) is 5.91 Å². The lowest BCUT2D eigenvalue weighted by atomic mass is 9.94. The summed E-state index contributed by atoms with van der Waals surface area (Å²) in [5, 5.41) is 8.81. The van der Waals surface area contributed by atoms with Gasteiger partial charge in [0.1, 0.15) is 12.4 Å². The van der Waals surface area contributed by atoms with E-state index in [0.29, 0.717) is 36.8 Å². The topological polar surface area (TPSA) is 83.6 Å². The number of fused-ring (bicyclic) bond motifs is 1. The van der Waals surface area contributed by atoms with Gasteiger partial charge < -0.3 is 20.3 Å². The van der Waals surface area contributed by atoms with Crippen LogP contribution in [-0.4, -0.2) is 36.6 Å². The highest BCUT2D eigenvalue weighted by molar-refractivity contribution is 7.09. The number of anilines is 2. The van der Waals surface area contributed by atoms with E-state index in [2.05, 4.69) is 15.6 Å². The number of rotatable bonds is 5. The highest BCUT2D eigenvalue weighted by atomic mass is 32.1. The van der Waals surface area contributed by atoms with Crippen LogP contribution in [0.15, 0.2) is 23.6 Å². The van der Waals surface area contributed by atoms with Gasteiger partial charge in [-0.2, -0.15) is 0 Å². The molecule has 1 aromatic heterocycles. The third-order valence-corrected chi connectivity index (χ3v) is 5.51. The number of amides is 3. The van der Waals surface area contributed by atoms with Crippen LogP contribution in [0.1, 0.15) is 37.9 Å². The molecule has 7 nitrogen and oxygen atoms in total. The van der Waals surface area contributed by atoms with Crippen LogP contribution in [0.5, 0.6) is 5.75 Å². The van der Waals surface area contributed by atoms with Gasteiger partial charge in [0.05, 0.1) is 17.2 Å². The molecule has 0 fully saturated rings. The van der Waals surface area contributed by atoms with Gasteiger partial charge in [-0.3, -0.25) is 4.79 Å². The third kappa shape index (κ3) is 5.47. The monoisotopic (exact) mass is 416 g/mol. The lowest BCUT2D eigenvalue weighted by Crippen LogP contribution is -2.44. The molecule has 0 saturated heterocycles. The summed E-state index contributed by atoms with van der Waals surface area (Å²) in [5.41, 5.74) is 1.85. The minimum absolute atomic E-state index is 0.0288. The Labute approximate surface area is 175 Å². The van der Waals surface area contributed by atoms with Crippen LogP contribution in [0.25, 0.3) is 0 Å². The van der Waals surface area contributed by atoms with Gasteiger partial charge >= 0.3 is 6.03 Å². The zero-order valence-corrected chi connectivity index (χ0v) is 18.2. The van der Waals surface area contributed by atoms with Crippen molar-refractivity contribution in [1.29, 1.82) is 0 Å². The summed E-state index contributed by atoms with van der Waals surface area (Å²) in [6.07, 6.45) is 1.67. The first kappa shape index (κ1) is 21.1. The number of nitrogens with one attached hydrogen (secondary N) is 2. The number of aryl methyl sites for hydroxylation is 2. The molecular formula is C21H28N4O3S. The molecule has 0 spiro atoms. The van der Waals surface area contributed by atoms with E-state index >= 15 is 0 Å². The van der Waals surface area contributed by atoms with Crippen molar-refractivity contribution in [2.24, 2.45) is 5.41 Å². The van der Waals surface area contributed by atoms with E-state index in [0.717, 1.165) is 23.5 Å². The van der Waals surface area contributed by atoms with Crippen molar-refractivity contribution in [3.8, 4) is 5.75 Å². The molecule has 2 aromatic rings. The minimum atomic E-state index is -0.495. The first-order chi connectivity index (χ1) is 13.7.